The standard InChI is InChI=1S/C12H25NO6/c1-12(2,3)5-18-6-13-8-10(16)9(15)7(4-14)19-11(8)17/h7-11,13-17H,4-6H2,1-3H3/t7?,8-,9-,10?,11+/m1/s1. The maximum absolute atomic E-state index is 9.85. The second kappa shape index (κ2) is 6.94. The van der Waals surface area contributed by atoms with E-state index in [2.05, 4.69) is 5.32 Å². The van der Waals surface area contributed by atoms with Crippen molar-refractivity contribution in [2.24, 2.45) is 5.41 Å². The normalized spacial score (nSPS) is 36.5. The number of aliphatic hydroxyl groups is 4. The molecule has 0 aromatic heterocycles. The third kappa shape index (κ3) is 4.96. The fourth-order valence-electron chi connectivity index (χ4n) is 1.83. The second-order valence-corrected chi connectivity index (χ2v) is 6.01. The Balaban J connectivity index is 2.40. The zero-order valence-electron chi connectivity index (χ0n) is 11.6. The number of hydrogen-bond acceptors (Lipinski definition) is 7. The van der Waals surface area contributed by atoms with Gasteiger partial charge in [0.05, 0.1) is 26.0 Å². The van der Waals surface area contributed by atoms with Crippen molar-refractivity contribution in [2.75, 3.05) is 19.9 Å². The molecule has 1 aliphatic rings. The fourth-order valence-corrected chi connectivity index (χ4v) is 1.83. The second-order valence-electron chi connectivity index (χ2n) is 6.01. The summed E-state index contributed by atoms with van der Waals surface area (Å²) in [4.78, 5) is 0. The molecule has 1 rings (SSSR count). The molecule has 5 N–H and O–H groups in total. The average Bonchev–Trinajstić information content (AvgIpc) is 2.31. The van der Waals surface area contributed by atoms with Crippen LogP contribution in [0.2, 0.25) is 0 Å². The van der Waals surface area contributed by atoms with Crippen molar-refractivity contribution in [2.45, 2.75) is 51.4 Å². The lowest BCUT2D eigenvalue weighted by atomic mass is 9.97. The predicted molar refractivity (Wildman–Crippen MR) is 67.2 cm³/mol. The number of rotatable bonds is 5. The molecule has 0 aromatic carbocycles. The van der Waals surface area contributed by atoms with Gasteiger partial charge in [0.25, 0.3) is 0 Å². The van der Waals surface area contributed by atoms with Gasteiger partial charge in [0.15, 0.2) is 6.29 Å². The van der Waals surface area contributed by atoms with Crippen LogP contribution >= 0.6 is 0 Å². The Morgan fingerprint density at radius 2 is 1.79 bits per heavy atom. The minimum absolute atomic E-state index is 0.0173. The van der Waals surface area contributed by atoms with Crippen LogP contribution in [0.25, 0.3) is 0 Å². The molecule has 114 valence electrons. The van der Waals surface area contributed by atoms with Gasteiger partial charge in [-0.2, -0.15) is 0 Å². The van der Waals surface area contributed by atoms with Gasteiger partial charge < -0.3 is 29.9 Å². The monoisotopic (exact) mass is 279 g/mol. The zero-order chi connectivity index (χ0) is 14.6. The van der Waals surface area contributed by atoms with E-state index in [9.17, 15) is 15.3 Å². The third-order valence-corrected chi connectivity index (χ3v) is 2.86. The first-order valence-electron chi connectivity index (χ1n) is 6.38. The smallest absolute Gasteiger partial charge is 0.173 e. The molecule has 1 heterocycles. The quantitative estimate of drug-likeness (QED) is 0.304. The molecule has 1 fully saturated rings. The van der Waals surface area contributed by atoms with Gasteiger partial charge in [-0.25, -0.2) is 0 Å². The molecule has 0 aliphatic carbocycles. The van der Waals surface area contributed by atoms with Gasteiger partial charge in [-0.1, -0.05) is 20.8 Å². The summed E-state index contributed by atoms with van der Waals surface area (Å²) in [5.74, 6) is 0. The fraction of sp³-hybridized carbons (Fsp3) is 1.00. The molecule has 1 aliphatic heterocycles. The number of aliphatic hydroxyl groups excluding tert-OH is 4. The molecule has 0 aromatic rings. The largest absolute Gasteiger partial charge is 0.394 e. The zero-order valence-corrected chi connectivity index (χ0v) is 11.6. The van der Waals surface area contributed by atoms with Gasteiger partial charge >= 0.3 is 0 Å². The molecule has 0 amide bonds. The lowest BCUT2D eigenvalue weighted by molar-refractivity contribution is -0.256. The summed E-state index contributed by atoms with van der Waals surface area (Å²) in [5.41, 5.74) is 0.0173. The average molecular weight is 279 g/mol. The van der Waals surface area contributed by atoms with Crippen LogP contribution in [0.5, 0.6) is 0 Å². The van der Waals surface area contributed by atoms with E-state index in [1.165, 1.54) is 0 Å². The third-order valence-electron chi connectivity index (χ3n) is 2.86. The summed E-state index contributed by atoms with van der Waals surface area (Å²) >= 11 is 0. The lowest BCUT2D eigenvalue weighted by Gasteiger charge is -2.40. The van der Waals surface area contributed by atoms with Gasteiger partial charge in [0, 0.05) is 0 Å². The molecule has 7 nitrogen and oxygen atoms in total. The first kappa shape index (κ1) is 16.8. The Hall–Kier alpha value is -0.280. The van der Waals surface area contributed by atoms with Crippen molar-refractivity contribution in [1.82, 2.24) is 5.32 Å². The van der Waals surface area contributed by atoms with E-state index < -0.39 is 37.3 Å². The van der Waals surface area contributed by atoms with Crippen LogP contribution in [0.15, 0.2) is 0 Å². The van der Waals surface area contributed by atoms with Crippen LogP contribution in [-0.2, 0) is 9.47 Å². The predicted octanol–water partition coefficient (Wildman–Crippen LogP) is -1.60. The number of hydrogen-bond donors (Lipinski definition) is 5. The molecule has 5 atom stereocenters. The van der Waals surface area contributed by atoms with Crippen molar-refractivity contribution in [3.63, 3.8) is 0 Å². The van der Waals surface area contributed by atoms with E-state index in [1.807, 2.05) is 20.8 Å². The van der Waals surface area contributed by atoms with E-state index in [0.29, 0.717) is 6.61 Å². The van der Waals surface area contributed by atoms with Crippen LogP contribution in [0.1, 0.15) is 20.8 Å². The van der Waals surface area contributed by atoms with E-state index in [-0.39, 0.29) is 12.1 Å². The summed E-state index contributed by atoms with van der Waals surface area (Å²) in [6, 6.07) is -0.863. The summed E-state index contributed by atoms with van der Waals surface area (Å²) in [6.07, 6.45) is -4.79. The van der Waals surface area contributed by atoms with Crippen molar-refractivity contribution < 1.29 is 29.9 Å². The molecule has 0 bridgehead atoms. The Labute approximate surface area is 113 Å². The van der Waals surface area contributed by atoms with Crippen LogP contribution in [-0.4, -0.2) is 71.0 Å². The SMILES string of the molecule is CC(C)(C)COCN[C@@H]1C(O)[C@H](O)C(CO)O[C@@H]1O. The van der Waals surface area contributed by atoms with Crippen LogP contribution in [0, 0.1) is 5.41 Å². The summed E-state index contributed by atoms with van der Waals surface area (Å²) in [7, 11) is 0. The molecule has 2 unspecified atom stereocenters. The Kier molecular flexibility index (Phi) is 6.13. The van der Waals surface area contributed by atoms with E-state index in [4.69, 9.17) is 14.6 Å². The molecule has 1 saturated heterocycles. The number of nitrogens with one attached hydrogen (secondary N) is 1. The van der Waals surface area contributed by atoms with Crippen molar-refractivity contribution in [1.29, 1.82) is 0 Å². The minimum atomic E-state index is -1.31. The van der Waals surface area contributed by atoms with Crippen molar-refractivity contribution in [3.8, 4) is 0 Å². The highest BCUT2D eigenvalue weighted by atomic mass is 16.6. The van der Waals surface area contributed by atoms with Gasteiger partial charge in [-0.15, -0.1) is 0 Å². The van der Waals surface area contributed by atoms with Crippen LogP contribution in [0.3, 0.4) is 0 Å². The summed E-state index contributed by atoms with van der Waals surface area (Å²) in [5, 5.41) is 40.9. The van der Waals surface area contributed by atoms with Crippen LogP contribution < -0.4 is 5.32 Å². The van der Waals surface area contributed by atoms with E-state index in [1.54, 1.807) is 0 Å². The Morgan fingerprint density at radius 1 is 1.16 bits per heavy atom. The first-order valence-corrected chi connectivity index (χ1v) is 6.38. The topological polar surface area (TPSA) is 111 Å². The molecule has 19 heavy (non-hydrogen) atoms. The first-order chi connectivity index (χ1) is 8.76. The maximum Gasteiger partial charge on any atom is 0.173 e. The minimum Gasteiger partial charge on any atom is -0.394 e. The van der Waals surface area contributed by atoms with E-state index in [0.717, 1.165) is 0 Å². The summed E-state index contributed by atoms with van der Waals surface area (Å²) < 4.78 is 10.4. The highest BCUT2D eigenvalue weighted by Gasteiger charge is 2.43. The lowest BCUT2D eigenvalue weighted by Crippen LogP contribution is -2.63. The highest BCUT2D eigenvalue weighted by molar-refractivity contribution is 4.92. The van der Waals surface area contributed by atoms with Crippen molar-refractivity contribution >= 4 is 0 Å². The molecule has 0 radical (unpaired) electrons. The van der Waals surface area contributed by atoms with Crippen LogP contribution in [0.4, 0.5) is 0 Å². The van der Waals surface area contributed by atoms with Gasteiger partial charge in [-0.05, 0) is 5.41 Å². The van der Waals surface area contributed by atoms with Gasteiger partial charge in [-0.3, -0.25) is 5.32 Å². The molecular formula is C12H25NO6. The maximum atomic E-state index is 9.85. The highest BCUT2D eigenvalue weighted by Crippen LogP contribution is 2.19. The summed E-state index contributed by atoms with van der Waals surface area (Å²) in [6.45, 7) is 6.24. The van der Waals surface area contributed by atoms with Crippen molar-refractivity contribution in [3.05, 3.63) is 0 Å². The Morgan fingerprint density at radius 3 is 2.32 bits per heavy atom. The Bertz CT molecular complexity index is 269. The van der Waals surface area contributed by atoms with Gasteiger partial charge in [0.2, 0.25) is 0 Å². The number of ether oxygens (including phenoxy) is 2. The van der Waals surface area contributed by atoms with Gasteiger partial charge in [0.1, 0.15) is 18.3 Å². The molecule has 0 spiro atoms. The molecule has 0 saturated carbocycles. The van der Waals surface area contributed by atoms with E-state index >= 15 is 0 Å². The molecule has 7 heteroatoms. The molecular weight excluding hydrogens is 254 g/mol.